The molecule has 4 rings (SSSR count). The predicted molar refractivity (Wildman–Crippen MR) is 96.6 cm³/mol. The summed E-state index contributed by atoms with van der Waals surface area (Å²) in [5.74, 6) is 3.53. The molecular weight excluding hydrogens is 336 g/mol. The molecular formula is C17H24N6O3. The molecule has 0 spiro atoms. The van der Waals surface area contributed by atoms with Crippen LogP contribution in [0.4, 0.5) is 17.6 Å². The fourth-order valence-electron chi connectivity index (χ4n) is 3.38. The number of carboxylic acid groups (broad SMARTS) is 1. The Morgan fingerprint density at radius 1 is 1.23 bits per heavy atom. The molecule has 0 saturated carbocycles. The Kier molecular flexibility index (Phi) is 6.00. The standard InChI is InChI=1S/C16H22N6O.CH2O2/c23-12-4-3-8-21(11-12)14-6-7-17-16(19-14)20-15-10-18-13-5-1-2-9-22(13)15;2-1-3/h6-7,10,12,23H,1-5,8-9,11H2,(H,17,19,20);1H,(H,2,3). The van der Waals surface area contributed by atoms with Gasteiger partial charge in [-0.25, -0.2) is 9.97 Å². The monoisotopic (exact) mass is 360 g/mol. The number of rotatable bonds is 3. The third-order valence-corrected chi connectivity index (χ3v) is 4.57. The first-order chi connectivity index (χ1) is 12.7. The van der Waals surface area contributed by atoms with Crippen LogP contribution >= 0.6 is 0 Å². The van der Waals surface area contributed by atoms with Crippen LogP contribution in [0.1, 0.15) is 31.5 Å². The summed E-state index contributed by atoms with van der Waals surface area (Å²) < 4.78 is 2.21. The number of hydrogen-bond donors (Lipinski definition) is 3. The highest BCUT2D eigenvalue weighted by Crippen LogP contribution is 2.23. The van der Waals surface area contributed by atoms with Crippen LogP contribution in [0.5, 0.6) is 0 Å². The van der Waals surface area contributed by atoms with Gasteiger partial charge in [-0.05, 0) is 31.7 Å². The minimum Gasteiger partial charge on any atom is -0.483 e. The van der Waals surface area contributed by atoms with Gasteiger partial charge in [-0.15, -0.1) is 0 Å². The number of carbonyl (C=O) groups is 1. The number of hydrogen-bond acceptors (Lipinski definition) is 7. The van der Waals surface area contributed by atoms with Gasteiger partial charge in [0.1, 0.15) is 17.5 Å². The molecule has 0 aliphatic carbocycles. The van der Waals surface area contributed by atoms with Crippen LogP contribution < -0.4 is 10.2 Å². The molecule has 1 atom stereocenters. The number of nitrogens with one attached hydrogen (secondary N) is 1. The molecule has 26 heavy (non-hydrogen) atoms. The molecule has 1 saturated heterocycles. The Morgan fingerprint density at radius 3 is 2.88 bits per heavy atom. The highest BCUT2D eigenvalue weighted by atomic mass is 16.3. The molecule has 0 bridgehead atoms. The van der Waals surface area contributed by atoms with Gasteiger partial charge in [-0.3, -0.25) is 4.79 Å². The Bertz CT molecular complexity index is 735. The lowest BCUT2D eigenvalue weighted by atomic mass is 10.1. The Hall–Kier alpha value is -2.68. The first-order valence-electron chi connectivity index (χ1n) is 8.86. The van der Waals surface area contributed by atoms with Crippen molar-refractivity contribution in [1.29, 1.82) is 0 Å². The van der Waals surface area contributed by atoms with Crippen LogP contribution in [0.3, 0.4) is 0 Å². The van der Waals surface area contributed by atoms with E-state index in [-0.39, 0.29) is 12.6 Å². The van der Waals surface area contributed by atoms with E-state index in [2.05, 4.69) is 29.7 Å². The van der Waals surface area contributed by atoms with Gasteiger partial charge in [0.25, 0.3) is 6.47 Å². The molecule has 3 N–H and O–H groups in total. The number of piperidine rings is 1. The third kappa shape index (κ3) is 4.29. The molecule has 4 heterocycles. The van der Waals surface area contributed by atoms with Gasteiger partial charge in [0, 0.05) is 32.3 Å². The van der Waals surface area contributed by atoms with Crippen molar-refractivity contribution in [3.8, 4) is 0 Å². The lowest BCUT2D eigenvalue weighted by Gasteiger charge is -2.31. The van der Waals surface area contributed by atoms with Crippen LogP contribution in [-0.4, -0.2) is 55.4 Å². The highest BCUT2D eigenvalue weighted by Gasteiger charge is 2.20. The molecule has 1 unspecified atom stereocenters. The third-order valence-electron chi connectivity index (χ3n) is 4.57. The summed E-state index contributed by atoms with van der Waals surface area (Å²) in [6.07, 6.45) is 8.65. The van der Waals surface area contributed by atoms with Gasteiger partial charge in [0.2, 0.25) is 5.95 Å². The Balaban J connectivity index is 0.000000613. The second-order valence-electron chi connectivity index (χ2n) is 6.38. The minimum absolute atomic E-state index is 0.250. The quantitative estimate of drug-likeness (QED) is 0.704. The number of β-amino-alcohol motifs (C(OH)–C–C–N with tert-alkyl or cyclic N) is 1. The van der Waals surface area contributed by atoms with Crippen molar-refractivity contribution in [2.45, 2.75) is 44.8 Å². The van der Waals surface area contributed by atoms with Gasteiger partial charge in [-0.1, -0.05) is 0 Å². The van der Waals surface area contributed by atoms with Gasteiger partial charge in [-0.2, -0.15) is 4.98 Å². The van der Waals surface area contributed by atoms with Gasteiger partial charge in [0.15, 0.2) is 0 Å². The van der Waals surface area contributed by atoms with E-state index in [0.29, 0.717) is 12.5 Å². The molecule has 1 fully saturated rings. The van der Waals surface area contributed by atoms with E-state index >= 15 is 0 Å². The van der Waals surface area contributed by atoms with E-state index in [1.54, 1.807) is 6.20 Å². The number of aliphatic hydroxyl groups is 1. The number of aromatic nitrogens is 4. The lowest BCUT2D eigenvalue weighted by Crippen LogP contribution is -2.38. The maximum Gasteiger partial charge on any atom is 0.290 e. The van der Waals surface area contributed by atoms with Crippen molar-refractivity contribution in [1.82, 2.24) is 19.5 Å². The molecule has 2 aliphatic rings. The van der Waals surface area contributed by atoms with Crippen LogP contribution in [0.2, 0.25) is 0 Å². The summed E-state index contributed by atoms with van der Waals surface area (Å²) in [6, 6.07) is 1.90. The number of aryl methyl sites for hydroxylation is 1. The molecule has 9 nitrogen and oxygen atoms in total. The van der Waals surface area contributed by atoms with E-state index in [1.165, 1.54) is 12.8 Å². The maximum atomic E-state index is 9.84. The summed E-state index contributed by atoms with van der Waals surface area (Å²) in [5, 5.41) is 20.0. The van der Waals surface area contributed by atoms with Crippen molar-refractivity contribution in [2.75, 3.05) is 23.3 Å². The average molecular weight is 360 g/mol. The van der Waals surface area contributed by atoms with Gasteiger partial charge >= 0.3 is 0 Å². The molecule has 2 aliphatic heterocycles. The number of nitrogens with zero attached hydrogens (tertiary/aromatic N) is 5. The first kappa shape index (κ1) is 18.1. The minimum atomic E-state index is -0.267. The van der Waals surface area contributed by atoms with E-state index in [1.807, 2.05) is 12.3 Å². The van der Waals surface area contributed by atoms with Crippen molar-refractivity contribution in [2.24, 2.45) is 0 Å². The zero-order chi connectivity index (χ0) is 18.4. The van der Waals surface area contributed by atoms with Crippen molar-refractivity contribution < 1.29 is 15.0 Å². The number of aliphatic hydroxyl groups excluding tert-OH is 1. The Morgan fingerprint density at radius 2 is 2.08 bits per heavy atom. The average Bonchev–Trinajstić information content (AvgIpc) is 3.06. The van der Waals surface area contributed by atoms with Crippen LogP contribution in [0, 0.1) is 0 Å². The Labute approximate surface area is 151 Å². The van der Waals surface area contributed by atoms with Crippen LogP contribution in [-0.2, 0) is 17.8 Å². The zero-order valence-corrected chi connectivity index (χ0v) is 14.6. The topological polar surface area (TPSA) is 116 Å². The van der Waals surface area contributed by atoms with Crippen LogP contribution in [0.25, 0.3) is 0 Å². The summed E-state index contributed by atoms with van der Waals surface area (Å²) in [4.78, 5) is 23.9. The SMILES string of the molecule is O=CO.OC1CCCN(c2ccnc(Nc3cnc4n3CCCC4)n2)C1. The largest absolute Gasteiger partial charge is 0.483 e. The fraction of sp³-hybridized carbons (Fsp3) is 0.529. The first-order valence-corrected chi connectivity index (χ1v) is 8.86. The summed E-state index contributed by atoms with van der Waals surface area (Å²) >= 11 is 0. The van der Waals surface area contributed by atoms with Crippen molar-refractivity contribution in [3.63, 3.8) is 0 Å². The van der Waals surface area contributed by atoms with E-state index < -0.39 is 0 Å². The molecule has 140 valence electrons. The number of imidazole rings is 1. The van der Waals surface area contributed by atoms with Gasteiger partial charge in [0.05, 0.1) is 12.3 Å². The van der Waals surface area contributed by atoms with E-state index in [9.17, 15) is 5.11 Å². The maximum absolute atomic E-state index is 9.84. The van der Waals surface area contributed by atoms with Crippen molar-refractivity contribution in [3.05, 3.63) is 24.3 Å². The number of anilines is 3. The predicted octanol–water partition coefficient (Wildman–Crippen LogP) is 1.41. The van der Waals surface area contributed by atoms with Gasteiger partial charge < -0.3 is 25.0 Å². The van der Waals surface area contributed by atoms with E-state index in [4.69, 9.17) is 9.90 Å². The lowest BCUT2D eigenvalue weighted by molar-refractivity contribution is -0.122. The number of fused-ring (bicyclic) bond motifs is 1. The highest BCUT2D eigenvalue weighted by molar-refractivity contribution is 5.51. The normalized spacial score (nSPS) is 19.1. The summed E-state index contributed by atoms with van der Waals surface area (Å²) in [7, 11) is 0. The summed E-state index contributed by atoms with van der Waals surface area (Å²) in [6.45, 7) is 2.31. The molecule has 2 aromatic rings. The molecule has 0 aromatic carbocycles. The fourth-order valence-corrected chi connectivity index (χ4v) is 3.38. The molecule has 9 heteroatoms. The second kappa shape index (κ2) is 8.61. The van der Waals surface area contributed by atoms with Crippen molar-refractivity contribution >= 4 is 24.1 Å². The second-order valence-corrected chi connectivity index (χ2v) is 6.38. The van der Waals surface area contributed by atoms with Crippen LogP contribution in [0.15, 0.2) is 18.5 Å². The van der Waals surface area contributed by atoms with E-state index in [0.717, 1.165) is 49.8 Å². The zero-order valence-electron chi connectivity index (χ0n) is 14.6. The summed E-state index contributed by atoms with van der Waals surface area (Å²) in [5.41, 5.74) is 0. The molecule has 0 radical (unpaired) electrons. The molecule has 0 amide bonds. The smallest absolute Gasteiger partial charge is 0.290 e. The molecule has 2 aromatic heterocycles.